The molecule has 0 N–H and O–H groups in total. The lowest BCUT2D eigenvalue weighted by molar-refractivity contribution is 0.137. The molecule has 0 aliphatic carbocycles. The highest BCUT2D eigenvalue weighted by Gasteiger charge is 2.20. The van der Waals surface area contributed by atoms with Crippen molar-refractivity contribution in [3.8, 4) is 5.69 Å². The second-order valence-corrected chi connectivity index (χ2v) is 4.71. The van der Waals surface area contributed by atoms with Crippen molar-refractivity contribution in [2.24, 2.45) is 0 Å². The number of aryl methyl sites for hydroxylation is 1. The van der Waals surface area contributed by atoms with Gasteiger partial charge in [0.05, 0.1) is 16.6 Å². The molecule has 0 bridgehead atoms. The summed E-state index contributed by atoms with van der Waals surface area (Å²) in [6, 6.07) is 13.4. The molecule has 21 heavy (non-hydrogen) atoms. The molecular formula is C16H12F2N2O. The van der Waals surface area contributed by atoms with Crippen molar-refractivity contribution in [2.75, 3.05) is 0 Å². The summed E-state index contributed by atoms with van der Waals surface area (Å²) in [5.74, 6) is -0.534. The van der Waals surface area contributed by atoms with Gasteiger partial charge in [0, 0.05) is 0 Å². The number of para-hydroxylation sites is 2. The Morgan fingerprint density at radius 2 is 1.71 bits per heavy atom. The fraction of sp³-hybridized carbons (Fsp3) is 0.125. The first-order valence-electron chi connectivity index (χ1n) is 6.45. The quantitative estimate of drug-likeness (QED) is 0.721. The van der Waals surface area contributed by atoms with E-state index in [1.807, 2.05) is 0 Å². The number of benzene rings is 2. The summed E-state index contributed by atoms with van der Waals surface area (Å²) in [5, 5.41) is 0.324. The van der Waals surface area contributed by atoms with E-state index >= 15 is 0 Å². The highest BCUT2D eigenvalue weighted by atomic mass is 19.3. The third-order valence-corrected chi connectivity index (χ3v) is 3.35. The minimum atomic E-state index is -2.83. The molecule has 5 heteroatoms. The van der Waals surface area contributed by atoms with Crippen LogP contribution >= 0.6 is 0 Å². The molecule has 0 aliphatic rings. The third kappa shape index (κ3) is 2.20. The Morgan fingerprint density at radius 1 is 1.05 bits per heavy atom. The zero-order chi connectivity index (χ0) is 15.0. The van der Waals surface area contributed by atoms with Crippen molar-refractivity contribution in [3.63, 3.8) is 0 Å². The van der Waals surface area contributed by atoms with Gasteiger partial charge in [0.1, 0.15) is 0 Å². The lowest BCUT2D eigenvalue weighted by Gasteiger charge is -2.14. The van der Waals surface area contributed by atoms with Gasteiger partial charge in [-0.25, -0.2) is 13.8 Å². The molecule has 3 nitrogen and oxygen atoms in total. The van der Waals surface area contributed by atoms with Crippen LogP contribution < -0.4 is 5.56 Å². The summed E-state index contributed by atoms with van der Waals surface area (Å²) < 4.78 is 27.7. The number of aromatic nitrogens is 2. The summed E-state index contributed by atoms with van der Waals surface area (Å²) in [4.78, 5) is 16.6. The van der Waals surface area contributed by atoms with Crippen molar-refractivity contribution in [1.82, 2.24) is 9.55 Å². The molecule has 0 saturated heterocycles. The Kier molecular flexibility index (Phi) is 3.25. The van der Waals surface area contributed by atoms with Crippen molar-refractivity contribution in [1.29, 1.82) is 0 Å². The second-order valence-electron chi connectivity index (χ2n) is 4.71. The lowest BCUT2D eigenvalue weighted by Crippen LogP contribution is -2.24. The maximum Gasteiger partial charge on any atom is 0.296 e. The van der Waals surface area contributed by atoms with Crippen molar-refractivity contribution < 1.29 is 8.78 Å². The molecule has 3 rings (SSSR count). The van der Waals surface area contributed by atoms with Crippen LogP contribution in [0.5, 0.6) is 0 Å². The monoisotopic (exact) mass is 286 g/mol. The van der Waals surface area contributed by atoms with E-state index in [-0.39, 0.29) is 5.52 Å². The number of alkyl halides is 2. The molecule has 0 spiro atoms. The summed E-state index contributed by atoms with van der Waals surface area (Å²) >= 11 is 0. The number of rotatable bonds is 2. The van der Waals surface area contributed by atoms with Gasteiger partial charge < -0.3 is 0 Å². The van der Waals surface area contributed by atoms with Crippen LogP contribution in [-0.4, -0.2) is 9.55 Å². The fourth-order valence-electron chi connectivity index (χ4n) is 2.34. The number of halogens is 2. The first-order chi connectivity index (χ1) is 10.1. The van der Waals surface area contributed by atoms with Crippen molar-refractivity contribution >= 4 is 10.9 Å². The molecular weight excluding hydrogens is 274 g/mol. The van der Waals surface area contributed by atoms with Crippen LogP contribution in [0, 0.1) is 6.92 Å². The molecule has 0 amide bonds. The second kappa shape index (κ2) is 5.09. The van der Waals surface area contributed by atoms with Crippen molar-refractivity contribution in [2.45, 2.75) is 13.3 Å². The van der Waals surface area contributed by atoms with Crippen LogP contribution in [0.3, 0.4) is 0 Å². The maximum absolute atomic E-state index is 13.3. The topological polar surface area (TPSA) is 34.9 Å². The van der Waals surface area contributed by atoms with Crippen LogP contribution in [-0.2, 0) is 0 Å². The zero-order valence-corrected chi connectivity index (χ0v) is 11.3. The minimum absolute atomic E-state index is 0.280. The van der Waals surface area contributed by atoms with E-state index in [0.29, 0.717) is 11.1 Å². The number of hydrogen-bond acceptors (Lipinski definition) is 2. The SMILES string of the molecule is Cc1ccccc1-n1c(C(F)F)nc2ccccc2c1=O. The molecule has 1 aromatic heterocycles. The third-order valence-electron chi connectivity index (χ3n) is 3.35. The van der Waals surface area contributed by atoms with Gasteiger partial charge in [-0.15, -0.1) is 0 Å². The highest BCUT2D eigenvalue weighted by molar-refractivity contribution is 5.77. The number of fused-ring (bicyclic) bond motifs is 1. The van der Waals surface area contributed by atoms with Crippen LogP contribution in [0.15, 0.2) is 53.3 Å². The maximum atomic E-state index is 13.3. The van der Waals surface area contributed by atoms with Gasteiger partial charge in [-0.3, -0.25) is 9.36 Å². The first-order valence-corrected chi connectivity index (χ1v) is 6.45. The molecule has 0 radical (unpaired) electrons. The number of nitrogens with zero attached hydrogens (tertiary/aromatic N) is 2. The van der Waals surface area contributed by atoms with E-state index < -0.39 is 17.8 Å². The van der Waals surface area contributed by atoms with Crippen molar-refractivity contribution in [3.05, 3.63) is 70.3 Å². The van der Waals surface area contributed by atoms with Crippen LogP contribution in [0.2, 0.25) is 0 Å². The summed E-state index contributed by atoms with van der Waals surface area (Å²) in [6.07, 6.45) is -2.83. The first kappa shape index (κ1) is 13.4. The molecule has 106 valence electrons. The Bertz CT molecular complexity index is 872. The van der Waals surface area contributed by atoms with Gasteiger partial charge in [-0.2, -0.15) is 0 Å². The molecule has 3 aromatic rings. The minimum Gasteiger partial charge on any atom is -0.268 e. The predicted octanol–water partition coefficient (Wildman–Crippen LogP) is 3.63. The molecule has 0 aliphatic heterocycles. The average Bonchev–Trinajstić information content (AvgIpc) is 2.48. The molecule has 0 unspecified atom stereocenters. The Balaban J connectivity index is 2.46. The van der Waals surface area contributed by atoms with Crippen LogP contribution in [0.4, 0.5) is 8.78 Å². The predicted molar refractivity (Wildman–Crippen MR) is 77.0 cm³/mol. The number of hydrogen-bond donors (Lipinski definition) is 0. The van der Waals surface area contributed by atoms with Gasteiger partial charge in [0.2, 0.25) is 0 Å². The zero-order valence-electron chi connectivity index (χ0n) is 11.3. The smallest absolute Gasteiger partial charge is 0.268 e. The average molecular weight is 286 g/mol. The summed E-state index contributed by atoms with van der Waals surface area (Å²) in [6.45, 7) is 1.77. The highest BCUT2D eigenvalue weighted by Crippen LogP contribution is 2.22. The normalized spacial score (nSPS) is 11.2. The standard InChI is InChI=1S/C16H12F2N2O/c1-10-6-2-5-9-13(10)20-15(14(17)18)19-12-8-4-3-7-11(12)16(20)21/h2-9,14H,1H3. The van der Waals surface area contributed by atoms with E-state index in [1.54, 1.807) is 55.5 Å². The van der Waals surface area contributed by atoms with E-state index in [4.69, 9.17) is 0 Å². The Labute approximate surface area is 119 Å². The van der Waals surface area contributed by atoms with Gasteiger partial charge in [-0.05, 0) is 30.7 Å². The summed E-state index contributed by atoms with van der Waals surface area (Å²) in [5.41, 5.74) is 0.961. The Morgan fingerprint density at radius 3 is 2.43 bits per heavy atom. The van der Waals surface area contributed by atoms with Gasteiger partial charge in [0.15, 0.2) is 5.82 Å². The van der Waals surface area contributed by atoms with E-state index in [1.165, 1.54) is 0 Å². The molecule has 0 fully saturated rings. The van der Waals surface area contributed by atoms with Gasteiger partial charge in [-0.1, -0.05) is 30.3 Å². The van der Waals surface area contributed by atoms with Crippen LogP contribution in [0.1, 0.15) is 17.8 Å². The summed E-state index contributed by atoms with van der Waals surface area (Å²) in [7, 11) is 0. The molecule has 2 aromatic carbocycles. The van der Waals surface area contributed by atoms with E-state index in [2.05, 4.69) is 4.98 Å². The molecule has 1 heterocycles. The Hall–Kier alpha value is -2.56. The van der Waals surface area contributed by atoms with E-state index in [9.17, 15) is 13.6 Å². The van der Waals surface area contributed by atoms with Gasteiger partial charge >= 0.3 is 0 Å². The lowest BCUT2D eigenvalue weighted by atomic mass is 10.2. The van der Waals surface area contributed by atoms with Gasteiger partial charge in [0.25, 0.3) is 12.0 Å². The van der Waals surface area contributed by atoms with Crippen LogP contribution in [0.25, 0.3) is 16.6 Å². The van der Waals surface area contributed by atoms with E-state index in [0.717, 1.165) is 10.1 Å². The molecule has 0 saturated carbocycles. The fourth-order valence-corrected chi connectivity index (χ4v) is 2.34. The molecule has 0 atom stereocenters. The largest absolute Gasteiger partial charge is 0.296 e.